The predicted octanol–water partition coefficient (Wildman–Crippen LogP) is 2.47. The normalized spacial score (nSPS) is 13.9. The third-order valence-corrected chi connectivity index (χ3v) is 3.91. The van der Waals surface area contributed by atoms with Gasteiger partial charge in [0.1, 0.15) is 0 Å². The minimum absolute atomic E-state index is 0.252. The molecule has 0 bridgehead atoms. The van der Waals surface area contributed by atoms with E-state index >= 15 is 0 Å². The summed E-state index contributed by atoms with van der Waals surface area (Å²) in [6.07, 6.45) is 3.44. The highest BCUT2D eigenvalue weighted by Gasteiger charge is 2.33. The van der Waals surface area contributed by atoms with Crippen LogP contribution < -0.4 is 11.5 Å². The second-order valence-corrected chi connectivity index (χ2v) is 5.91. The standard InChI is InChI=1S/C14H13Cl2N5O/c15-8-3-4-11(10(16)5-8)21-12(7-1-2-7)9(6-19-21)13(22)20-14(17)18/h3-7H,1-2H2,(H4,17,18,20,22). The maximum absolute atomic E-state index is 12.1. The number of aliphatic imine (C=N–C) groups is 1. The van der Waals surface area contributed by atoms with Crippen LogP contribution in [-0.4, -0.2) is 21.6 Å². The Morgan fingerprint density at radius 1 is 1.32 bits per heavy atom. The number of nitrogens with zero attached hydrogens (tertiary/aromatic N) is 3. The molecule has 1 aromatic heterocycles. The van der Waals surface area contributed by atoms with Gasteiger partial charge in [-0.2, -0.15) is 10.1 Å². The molecule has 1 aliphatic rings. The van der Waals surface area contributed by atoms with Crippen LogP contribution in [0, 0.1) is 0 Å². The molecular formula is C14H13Cl2N5O. The summed E-state index contributed by atoms with van der Waals surface area (Å²) in [6.45, 7) is 0. The summed E-state index contributed by atoms with van der Waals surface area (Å²) in [5, 5.41) is 5.27. The zero-order valence-corrected chi connectivity index (χ0v) is 13.0. The van der Waals surface area contributed by atoms with Crippen LogP contribution in [0.3, 0.4) is 0 Å². The molecule has 0 spiro atoms. The fourth-order valence-corrected chi connectivity index (χ4v) is 2.78. The number of benzene rings is 1. The Morgan fingerprint density at radius 3 is 2.64 bits per heavy atom. The molecule has 1 heterocycles. The smallest absolute Gasteiger partial charge is 0.283 e. The molecule has 22 heavy (non-hydrogen) atoms. The Bertz CT molecular complexity index is 776. The topological polar surface area (TPSA) is 99.3 Å². The number of guanidine groups is 1. The van der Waals surface area contributed by atoms with Gasteiger partial charge in [0.15, 0.2) is 5.96 Å². The highest BCUT2D eigenvalue weighted by atomic mass is 35.5. The summed E-state index contributed by atoms with van der Waals surface area (Å²) >= 11 is 12.2. The van der Waals surface area contributed by atoms with Crippen molar-refractivity contribution in [1.82, 2.24) is 9.78 Å². The molecule has 1 amide bonds. The average molecular weight is 338 g/mol. The molecule has 1 aliphatic carbocycles. The van der Waals surface area contributed by atoms with Crippen LogP contribution in [0.1, 0.15) is 34.8 Å². The molecule has 0 aliphatic heterocycles. The maximum atomic E-state index is 12.1. The van der Waals surface area contributed by atoms with Crippen LogP contribution in [-0.2, 0) is 0 Å². The van der Waals surface area contributed by atoms with E-state index in [0.717, 1.165) is 18.5 Å². The van der Waals surface area contributed by atoms with E-state index in [0.29, 0.717) is 21.3 Å². The number of hydrogen-bond acceptors (Lipinski definition) is 2. The van der Waals surface area contributed by atoms with Crippen LogP contribution in [0.5, 0.6) is 0 Å². The van der Waals surface area contributed by atoms with Crippen molar-refractivity contribution in [1.29, 1.82) is 0 Å². The lowest BCUT2D eigenvalue weighted by atomic mass is 10.1. The second kappa shape index (κ2) is 5.62. The minimum atomic E-state index is -0.502. The number of carbonyl (C=O) groups is 1. The Labute approximate surface area is 136 Å². The number of hydrogen-bond donors (Lipinski definition) is 2. The largest absolute Gasteiger partial charge is 0.370 e. The van der Waals surface area contributed by atoms with Crippen molar-refractivity contribution in [3.05, 3.63) is 45.7 Å². The number of amides is 1. The number of halogens is 2. The van der Waals surface area contributed by atoms with Crippen LogP contribution >= 0.6 is 23.2 Å². The lowest BCUT2D eigenvalue weighted by Crippen LogP contribution is -2.24. The summed E-state index contributed by atoms with van der Waals surface area (Å²) in [5.74, 6) is -0.523. The quantitative estimate of drug-likeness (QED) is 0.663. The molecule has 1 saturated carbocycles. The first-order chi connectivity index (χ1) is 10.5. The molecule has 0 unspecified atom stereocenters. The van der Waals surface area contributed by atoms with E-state index in [1.54, 1.807) is 22.9 Å². The third-order valence-electron chi connectivity index (χ3n) is 3.37. The first-order valence-corrected chi connectivity index (χ1v) is 7.40. The lowest BCUT2D eigenvalue weighted by molar-refractivity contribution is 0.100. The van der Waals surface area contributed by atoms with Gasteiger partial charge in [-0.1, -0.05) is 23.2 Å². The van der Waals surface area contributed by atoms with Crippen LogP contribution in [0.4, 0.5) is 0 Å². The monoisotopic (exact) mass is 337 g/mol. The summed E-state index contributed by atoms with van der Waals surface area (Å²) < 4.78 is 1.66. The maximum Gasteiger partial charge on any atom is 0.283 e. The van der Waals surface area contributed by atoms with Crippen LogP contribution in [0.2, 0.25) is 10.0 Å². The SMILES string of the molecule is NC(N)=NC(=O)c1cnn(-c2ccc(Cl)cc2Cl)c1C1CC1. The van der Waals surface area contributed by atoms with Crippen LogP contribution in [0.25, 0.3) is 5.69 Å². The Kier molecular flexibility index (Phi) is 3.80. The van der Waals surface area contributed by atoms with Gasteiger partial charge in [0.25, 0.3) is 5.91 Å². The molecule has 8 heteroatoms. The van der Waals surface area contributed by atoms with Gasteiger partial charge in [0.05, 0.1) is 28.2 Å². The molecule has 0 saturated heterocycles. The van der Waals surface area contributed by atoms with Crippen LogP contribution in [0.15, 0.2) is 29.4 Å². The van der Waals surface area contributed by atoms with E-state index in [1.807, 2.05) is 0 Å². The molecule has 6 nitrogen and oxygen atoms in total. The molecule has 1 aromatic carbocycles. The summed E-state index contributed by atoms with van der Waals surface area (Å²) in [5.41, 5.74) is 12.4. The van der Waals surface area contributed by atoms with E-state index in [2.05, 4.69) is 10.1 Å². The highest BCUT2D eigenvalue weighted by molar-refractivity contribution is 6.35. The number of rotatable bonds is 3. The molecular weight excluding hydrogens is 325 g/mol. The van der Waals surface area contributed by atoms with E-state index in [1.165, 1.54) is 6.20 Å². The molecule has 0 atom stereocenters. The van der Waals surface area contributed by atoms with E-state index in [9.17, 15) is 4.79 Å². The number of carbonyl (C=O) groups excluding carboxylic acids is 1. The van der Waals surface area contributed by atoms with Gasteiger partial charge in [0.2, 0.25) is 0 Å². The van der Waals surface area contributed by atoms with Crippen molar-refractivity contribution >= 4 is 35.1 Å². The zero-order valence-electron chi connectivity index (χ0n) is 11.5. The van der Waals surface area contributed by atoms with Gasteiger partial charge in [-0.3, -0.25) is 4.79 Å². The van der Waals surface area contributed by atoms with Gasteiger partial charge in [-0.25, -0.2) is 4.68 Å². The summed E-state index contributed by atoms with van der Waals surface area (Å²) in [4.78, 5) is 15.7. The number of nitrogens with two attached hydrogens (primary N) is 2. The molecule has 2 aromatic rings. The predicted molar refractivity (Wildman–Crippen MR) is 85.7 cm³/mol. The Balaban J connectivity index is 2.11. The van der Waals surface area contributed by atoms with Gasteiger partial charge < -0.3 is 11.5 Å². The number of aromatic nitrogens is 2. The first kappa shape index (κ1) is 14.9. The highest BCUT2D eigenvalue weighted by Crippen LogP contribution is 2.43. The van der Waals surface area contributed by atoms with Crippen molar-refractivity contribution < 1.29 is 4.79 Å². The molecule has 1 fully saturated rings. The minimum Gasteiger partial charge on any atom is -0.370 e. The van der Waals surface area contributed by atoms with Gasteiger partial charge in [-0.05, 0) is 31.0 Å². The Hall–Kier alpha value is -2.05. The average Bonchev–Trinajstić information content (AvgIpc) is 3.17. The van der Waals surface area contributed by atoms with Crippen molar-refractivity contribution in [3.8, 4) is 5.69 Å². The molecule has 3 rings (SSSR count). The first-order valence-electron chi connectivity index (χ1n) is 6.64. The lowest BCUT2D eigenvalue weighted by Gasteiger charge is -2.10. The fraction of sp³-hybridized carbons (Fsp3) is 0.214. The van der Waals surface area contributed by atoms with E-state index in [-0.39, 0.29) is 11.9 Å². The zero-order chi connectivity index (χ0) is 15.9. The van der Waals surface area contributed by atoms with Crippen molar-refractivity contribution in [2.24, 2.45) is 16.5 Å². The summed E-state index contributed by atoms with van der Waals surface area (Å²) in [7, 11) is 0. The van der Waals surface area contributed by atoms with Gasteiger partial charge in [0, 0.05) is 10.9 Å². The van der Waals surface area contributed by atoms with Crippen molar-refractivity contribution in [3.63, 3.8) is 0 Å². The molecule has 4 N–H and O–H groups in total. The molecule has 0 radical (unpaired) electrons. The van der Waals surface area contributed by atoms with Gasteiger partial charge in [-0.15, -0.1) is 0 Å². The Morgan fingerprint density at radius 2 is 2.05 bits per heavy atom. The molecule has 114 valence electrons. The van der Waals surface area contributed by atoms with E-state index < -0.39 is 5.91 Å². The van der Waals surface area contributed by atoms with Crippen molar-refractivity contribution in [2.45, 2.75) is 18.8 Å². The van der Waals surface area contributed by atoms with Gasteiger partial charge >= 0.3 is 0 Å². The fourth-order valence-electron chi connectivity index (χ4n) is 2.29. The second-order valence-electron chi connectivity index (χ2n) is 5.07. The third kappa shape index (κ3) is 2.80. The summed E-state index contributed by atoms with van der Waals surface area (Å²) in [6, 6.07) is 5.12. The van der Waals surface area contributed by atoms with Crippen molar-refractivity contribution in [2.75, 3.05) is 0 Å². The van der Waals surface area contributed by atoms with E-state index in [4.69, 9.17) is 34.7 Å².